The van der Waals surface area contributed by atoms with Gasteiger partial charge in [0.15, 0.2) is 28.8 Å². The molecule has 0 bridgehead atoms. The molecule has 2 saturated heterocycles. The van der Waals surface area contributed by atoms with Crippen molar-refractivity contribution < 1.29 is 55.7 Å². The fourth-order valence-corrected chi connectivity index (χ4v) is 12.9. The van der Waals surface area contributed by atoms with E-state index in [0.717, 1.165) is 64.0 Å². The van der Waals surface area contributed by atoms with E-state index < -0.39 is 59.2 Å². The molecule has 2 unspecified atom stereocenters. The molecule has 1 N–H and O–H groups in total. The normalized spacial score (nSPS) is 22.8. The Hall–Kier alpha value is -4.61. The van der Waals surface area contributed by atoms with E-state index in [9.17, 15) is 13.2 Å². The Morgan fingerprint density at radius 3 is 1.84 bits per heavy atom. The van der Waals surface area contributed by atoms with Gasteiger partial charge in [-0.05, 0) is 83.0 Å². The second kappa shape index (κ2) is 27.0. The Bertz CT molecular complexity index is 2090. The number of sulfonamides is 1. The largest absolute Gasteiger partial charge is 0.449 e. The quantitative estimate of drug-likeness (QED) is 0.0460. The molecule has 3 aliphatic rings. The highest BCUT2D eigenvalue weighted by Gasteiger charge is 2.62. The number of hydrogen-bond donors (Lipinski definition) is 1. The maximum Gasteiger partial charge on any atom is 0.420 e. The second-order valence-electron chi connectivity index (χ2n) is 17.9. The molecule has 368 valence electrons. The highest BCUT2D eigenvalue weighted by molar-refractivity contribution is 7.89. The number of benzene rings is 3. The SMILES string of the molecule is CCCCC[C@@H](/C=C/[C@@H]1[C@@H](C/C=C\CCCCOC(=O)NS(C)(=O)=O)[C@@H](O[Si](C(=O)c2ccccc2)(C(=O)c2ccccc2)C(=O)c2ccccc2)C[C@H]1OC1CCCCO1)OC1CCCCO1. The zero-order chi connectivity index (χ0) is 48.2. The summed E-state index contributed by atoms with van der Waals surface area (Å²) in [4.78, 5) is 58.1. The predicted molar refractivity (Wildman–Crippen MR) is 262 cm³/mol. The van der Waals surface area contributed by atoms with Crippen LogP contribution in [0.25, 0.3) is 0 Å². The zero-order valence-electron chi connectivity index (χ0n) is 39.5. The molecule has 15 heteroatoms. The smallest absolute Gasteiger partial charge is 0.420 e. The summed E-state index contributed by atoms with van der Waals surface area (Å²) in [5, 5.41) is -1.86. The highest BCUT2D eigenvalue weighted by atomic mass is 32.2. The van der Waals surface area contributed by atoms with E-state index in [1.54, 1.807) is 95.7 Å². The van der Waals surface area contributed by atoms with E-state index in [2.05, 4.69) is 25.2 Å². The minimum atomic E-state index is -4.91. The van der Waals surface area contributed by atoms with E-state index in [1.165, 1.54) is 0 Å². The van der Waals surface area contributed by atoms with Crippen LogP contribution in [-0.2, 0) is 38.1 Å². The van der Waals surface area contributed by atoms with Crippen LogP contribution in [0.2, 0.25) is 0 Å². The molecular weight excluding hydrogens is 903 g/mol. The number of nitrogens with one attached hydrogen (secondary N) is 1. The van der Waals surface area contributed by atoms with Crippen LogP contribution in [0, 0.1) is 11.8 Å². The first kappa shape index (κ1) is 52.8. The standard InChI is InChI=1S/C53H69NO12SSi/c1-3-4-11-30-43(64-48-32-19-22-36-61-48)34-35-45-44(31-18-6-5-7-21-38-63-53(58)54-67(2,59)60)47(39-46(45)65-49-33-20-23-37-62-49)66-68(50(55)40-24-12-8-13-25-40,51(56)41-26-14-9-15-27-41)52(57)42-28-16-10-17-29-42/h6,8-10,12-18,24-29,34-35,43-49H,3-5,7,11,19-23,30-33,36-39H2,1-2H3,(H,54,58)/b18-6-,35-34+/t43-,44+,45+,46+,47-,48?,49?/m0/s1. The van der Waals surface area contributed by atoms with Crippen molar-refractivity contribution >= 4 is 40.7 Å². The number of allylic oxidation sites excluding steroid dienone is 2. The molecule has 13 nitrogen and oxygen atoms in total. The van der Waals surface area contributed by atoms with Crippen molar-refractivity contribution in [3.8, 4) is 0 Å². The number of amides is 1. The van der Waals surface area contributed by atoms with Gasteiger partial charge in [-0.1, -0.05) is 141 Å². The lowest BCUT2D eigenvalue weighted by Gasteiger charge is -2.33. The van der Waals surface area contributed by atoms with Gasteiger partial charge in [0.1, 0.15) is 0 Å². The van der Waals surface area contributed by atoms with Crippen LogP contribution < -0.4 is 4.72 Å². The molecule has 1 aliphatic carbocycles. The monoisotopic (exact) mass is 971 g/mol. The van der Waals surface area contributed by atoms with Crippen molar-refractivity contribution in [1.29, 1.82) is 0 Å². The number of rotatable bonds is 26. The Balaban J connectivity index is 1.40. The number of carbonyl (C=O) groups excluding carboxylic acids is 4. The molecule has 0 spiro atoms. The third-order valence-electron chi connectivity index (χ3n) is 12.7. The summed E-state index contributed by atoms with van der Waals surface area (Å²) in [6, 6.07) is 25.5. The van der Waals surface area contributed by atoms with E-state index in [1.807, 2.05) is 6.08 Å². The minimum Gasteiger partial charge on any atom is -0.449 e. The van der Waals surface area contributed by atoms with Gasteiger partial charge in [-0.3, -0.25) is 14.4 Å². The summed E-state index contributed by atoms with van der Waals surface area (Å²) in [6.07, 6.45) is 17.9. The average Bonchev–Trinajstić information content (AvgIpc) is 3.67. The van der Waals surface area contributed by atoms with Gasteiger partial charge >= 0.3 is 14.4 Å². The predicted octanol–water partition coefficient (Wildman–Crippen LogP) is 9.98. The van der Waals surface area contributed by atoms with Crippen LogP contribution in [0.1, 0.15) is 134 Å². The van der Waals surface area contributed by atoms with Crippen LogP contribution in [0.3, 0.4) is 0 Å². The molecule has 3 aromatic carbocycles. The zero-order valence-corrected chi connectivity index (χ0v) is 41.4. The van der Waals surface area contributed by atoms with E-state index in [0.29, 0.717) is 45.3 Å². The van der Waals surface area contributed by atoms with Crippen LogP contribution in [0.5, 0.6) is 0 Å². The molecule has 3 fully saturated rings. The lowest BCUT2D eigenvalue weighted by atomic mass is 9.89. The van der Waals surface area contributed by atoms with Crippen molar-refractivity contribution in [3.63, 3.8) is 0 Å². The first-order valence-electron chi connectivity index (χ1n) is 24.5. The van der Waals surface area contributed by atoms with Gasteiger partial charge in [0.25, 0.3) is 0 Å². The van der Waals surface area contributed by atoms with Gasteiger partial charge < -0.3 is 28.1 Å². The summed E-state index contributed by atoms with van der Waals surface area (Å²) in [5.74, 6) is -0.678. The molecule has 0 radical (unpaired) electrons. The van der Waals surface area contributed by atoms with Crippen LogP contribution in [0.15, 0.2) is 115 Å². The third-order valence-corrected chi connectivity index (χ3v) is 16.7. The Kier molecular flexibility index (Phi) is 20.9. The molecule has 0 aromatic heterocycles. The first-order chi connectivity index (χ1) is 33.0. The number of hydrogen-bond acceptors (Lipinski definition) is 12. The summed E-state index contributed by atoms with van der Waals surface area (Å²) in [7, 11) is -8.64. The first-order valence-corrected chi connectivity index (χ1v) is 28.3. The van der Waals surface area contributed by atoms with Gasteiger partial charge in [0.05, 0.1) is 31.2 Å². The number of carbonyl (C=O) groups is 4. The molecule has 1 saturated carbocycles. The fraction of sp³-hybridized carbons (Fsp3) is 0.509. The summed E-state index contributed by atoms with van der Waals surface area (Å²) in [5.41, 5.74) is 0.658. The minimum absolute atomic E-state index is 0.0449. The van der Waals surface area contributed by atoms with Crippen molar-refractivity contribution in [2.24, 2.45) is 11.8 Å². The topological polar surface area (TPSA) is 170 Å². The Labute approximate surface area is 403 Å². The van der Waals surface area contributed by atoms with Crippen LogP contribution in [-0.4, -0.2) is 96.0 Å². The summed E-state index contributed by atoms with van der Waals surface area (Å²) < 4.78 is 62.7. The second-order valence-corrected chi connectivity index (χ2v) is 22.6. The number of unbranched alkanes of at least 4 members (excludes halogenated alkanes) is 4. The maximum atomic E-state index is 15.4. The molecule has 1 amide bonds. The van der Waals surface area contributed by atoms with Crippen molar-refractivity contribution in [2.45, 2.75) is 134 Å². The van der Waals surface area contributed by atoms with Gasteiger partial charge in [-0.15, -0.1) is 0 Å². The van der Waals surface area contributed by atoms with E-state index in [4.69, 9.17) is 28.1 Å². The maximum absolute atomic E-state index is 15.4. The molecule has 6 rings (SSSR count). The molecule has 2 aliphatic heterocycles. The number of ether oxygens (including phenoxy) is 5. The van der Waals surface area contributed by atoms with Crippen molar-refractivity contribution in [2.75, 3.05) is 26.1 Å². The summed E-state index contributed by atoms with van der Waals surface area (Å²) in [6.45, 7) is 3.45. The van der Waals surface area contributed by atoms with Crippen LogP contribution >= 0.6 is 0 Å². The Morgan fingerprint density at radius 2 is 1.31 bits per heavy atom. The van der Waals surface area contributed by atoms with Crippen molar-refractivity contribution in [1.82, 2.24) is 4.72 Å². The third kappa shape index (κ3) is 15.4. The highest BCUT2D eigenvalue weighted by Crippen LogP contribution is 2.44. The summed E-state index contributed by atoms with van der Waals surface area (Å²) >= 11 is 0. The molecular formula is C53H69NO12SSi. The van der Waals surface area contributed by atoms with Gasteiger partial charge in [-0.25, -0.2) is 17.9 Å². The van der Waals surface area contributed by atoms with E-state index >= 15 is 14.4 Å². The fourth-order valence-electron chi connectivity index (χ4n) is 9.18. The van der Waals surface area contributed by atoms with Gasteiger partial charge in [0.2, 0.25) is 10.0 Å². The van der Waals surface area contributed by atoms with Gasteiger partial charge in [-0.2, -0.15) is 0 Å². The lowest BCUT2D eigenvalue weighted by Crippen LogP contribution is -2.64. The Morgan fingerprint density at radius 1 is 0.735 bits per heavy atom. The molecule has 7 atom stereocenters. The average molecular weight is 972 g/mol. The van der Waals surface area contributed by atoms with Crippen molar-refractivity contribution in [3.05, 3.63) is 132 Å². The lowest BCUT2D eigenvalue weighted by molar-refractivity contribution is -0.193. The van der Waals surface area contributed by atoms with E-state index in [-0.39, 0.29) is 53.9 Å². The van der Waals surface area contributed by atoms with Gasteiger partial charge in [0, 0.05) is 35.8 Å². The molecule has 68 heavy (non-hydrogen) atoms. The molecule has 3 aromatic rings. The molecule has 2 heterocycles. The van der Waals surface area contributed by atoms with Crippen LogP contribution in [0.4, 0.5) is 4.79 Å².